The minimum Gasteiger partial charge on any atom is -0.508 e. The van der Waals surface area contributed by atoms with Crippen LogP contribution in [0.25, 0.3) is 11.3 Å². The van der Waals surface area contributed by atoms with E-state index >= 15 is 0 Å². The van der Waals surface area contributed by atoms with Crippen LogP contribution in [0.1, 0.15) is 0 Å². The predicted octanol–water partition coefficient (Wildman–Crippen LogP) is 5.57. The second-order valence-corrected chi connectivity index (χ2v) is 6.01. The Hall–Kier alpha value is -1.75. The van der Waals surface area contributed by atoms with E-state index in [0.29, 0.717) is 10.0 Å². The number of benzene rings is 2. The molecule has 1 aromatic heterocycles. The molecule has 106 valence electrons. The molecule has 0 atom stereocenters. The van der Waals surface area contributed by atoms with Crippen LogP contribution in [0.5, 0.6) is 5.75 Å². The van der Waals surface area contributed by atoms with Gasteiger partial charge in [-0.15, -0.1) is 11.3 Å². The average molecular weight is 337 g/mol. The quantitative estimate of drug-likeness (QED) is 0.615. The first-order valence-electron chi connectivity index (χ1n) is 6.09. The zero-order valence-electron chi connectivity index (χ0n) is 10.7. The lowest BCUT2D eigenvalue weighted by atomic mass is 10.2. The molecule has 3 aromatic rings. The van der Waals surface area contributed by atoms with Crippen molar-refractivity contribution in [1.82, 2.24) is 4.98 Å². The summed E-state index contributed by atoms with van der Waals surface area (Å²) in [7, 11) is 0. The summed E-state index contributed by atoms with van der Waals surface area (Å²) < 4.78 is 0. The van der Waals surface area contributed by atoms with E-state index in [9.17, 15) is 5.11 Å². The second kappa shape index (κ2) is 5.93. The highest BCUT2D eigenvalue weighted by molar-refractivity contribution is 7.14. The van der Waals surface area contributed by atoms with Gasteiger partial charge in [0.1, 0.15) is 5.75 Å². The van der Waals surface area contributed by atoms with Gasteiger partial charge in [-0.25, -0.2) is 4.98 Å². The first-order chi connectivity index (χ1) is 10.1. The maximum atomic E-state index is 9.26. The van der Waals surface area contributed by atoms with Gasteiger partial charge in [0, 0.05) is 16.6 Å². The van der Waals surface area contributed by atoms with E-state index in [0.717, 1.165) is 22.1 Å². The minimum atomic E-state index is 0.233. The number of halogens is 2. The van der Waals surface area contributed by atoms with Gasteiger partial charge in [-0.3, -0.25) is 0 Å². The van der Waals surface area contributed by atoms with E-state index in [4.69, 9.17) is 23.2 Å². The molecule has 0 unspecified atom stereocenters. The Morgan fingerprint density at radius 2 is 1.76 bits per heavy atom. The number of hydrogen-bond acceptors (Lipinski definition) is 4. The van der Waals surface area contributed by atoms with Crippen LogP contribution < -0.4 is 5.32 Å². The molecule has 0 saturated carbocycles. The fourth-order valence-electron chi connectivity index (χ4n) is 1.79. The molecule has 0 amide bonds. The van der Waals surface area contributed by atoms with Crippen LogP contribution in [0.3, 0.4) is 0 Å². The largest absolute Gasteiger partial charge is 0.508 e. The fraction of sp³-hybridized carbons (Fsp3) is 0. The SMILES string of the molecule is Oc1ccc(Nc2nc(-c3ccc(Cl)c(Cl)c3)cs2)cc1. The topological polar surface area (TPSA) is 45.1 Å². The molecular formula is C15H10Cl2N2OS. The lowest BCUT2D eigenvalue weighted by Crippen LogP contribution is -1.89. The Morgan fingerprint density at radius 3 is 2.48 bits per heavy atom. The third-order valence-corrected chi connectivity index (χ3v) is 4.33. The lowest BCUT2D eigenvalue weighted by molar-refractivity contribution is 0.475. The summed E-state index contributed by atoms with van der Waals surface area (Å²) in [6.45, 7) is 0. The van der Waals surface area contributed by atoms with Gasteiger partial charge in [0.05, 0.1) is 15.7 Å². The number of phenolic OH excluding ortho intramolecular Hbond substituents is 1. The molecule has 3 nitrogen and oxygen atoms in total. The number of nitrogens with one attached hydrogen (secondary N) is 1. The van der Waals surface area contributed by atoms with Crippen molar-refractivity contribution < 1.29 is 5.11 Å². The molecule has 0 radical (unpaired) electrons. The summed E-state index contributed by atoms with van der Waals surface area (Å²) in [5, 5.41) is 16.2. The molecule has 0 aliphatic heterocycles. The number of anilines is 2. The summed E-state index contributed by atoms with van der Waals surface area (Å²) in [4.78, 5) is 4.51. The Bertz CT molecular complexity index is 772. The molecule has 0 aliphatic carbocycles. The number of phenols is 1. The third kappa shape index (κ3) is 3.29. The molecular weight excluding hydrogens is 327 g/mol. The number of aromatic nitrogens is 1. The van der Waals surface area contributed by atoms with E-state index in [1.807, 2.05) is 11.4 Å². The first-order valence-corrected chi connectivity index (χ1v) is 7.72. The van der Waals surface area contributed by atoms with Gasteiger partial charge in [0.25, 0.3) is 0 Å². The second-order valence-electron chi connectivity index (χ2n) is 4.34. The Morgan fingerprint density at radius 1 is 1.00 bits per heavy atom. The minimum absolute atomic E-state index is 0.233. The van der Waals surface area contributed by atoms with Gasteiger partial charge < -0.3 is 10.4 Å². The summed E-state index contributed by atoms with van der Waals surface area (Å²) in [5.74, 6) is 0.233. The van der Waals surface area contributed by atoms with Crippen LogP contribution in [0.2, 0.25) is 10.0 Å². The van der Waals surface area contributed by atoms with Crippen molar-refractivity contribution in [3.63, 3.8) is 0 Å². The number of nitrogens with zero attached hydrogens (tertiary/aromatic N) is 1. The van der Waals surface area contributed by atoms with Crippen molar-refractivity contribution in [2.75, 3.05) is 5.32 Å². The van der Waals surface area contributed by atoms with Gasteiger partial charge in [0.15, 0.2) is 5.13 Å². The standard InChI is InChI=1S/C15H10Cl2N2OS/c16-12-6-1-9(7-13(12)17)14-8-21-15(19-14)18-10-2-4-11(20)5-3-10/h1-8,20H,(H,18,19). The highest BCUT2D eigenvalue weighted by atomic mass is 35.5. The van der Waals surface area contributed by atoms with E-state index in [1.54, 1.807) is 36.4 Å². The fourth-order valence-corrected chi connectivity index (χ4v) is 2.83. The van der Waals surface area contributed by atoms with Crippen LogP contribution in [0.4, 0.5) is 10.8 Å². The summed E-state index contributed by atoms with van der Waals surface area (Å²) in [6, 6.07) is 12.2. The number of rotatable bonds is 3. The molecule has 0 saturated heterocycles. The lowest BCUT2D eigenvalue weighted by Gasteiger charge is -2.02. The highest BCUT2D eigenvalue weighted by Crippen LogP contribution is 2.31. The van der Waals surface area contributed by atoms with Crippen molar-refractivity contribution in [1.29, 1.82) is 0 Å². The van der Waals surface area contributed by atoms with Crippen LogP contribution in [-0.2, 0) is 0 Å². The van der Waals surface area contributed by atoms with E-state index < -0.39 is 0 Å². The van der Waals surface area contributed by atoms with E-state index in [-0.39, 0.29) is 5.75 Å². The van der Waals surface area contributed by atoms with Gasteiger partial charge >= 0.3 is 0 Å². The zero-order valence-corrected chi connectivity index (χ0v) is 13.0. The molecule has 0 aliphatic rings. The number of aromatic hydroxyl groups is 1. The van der Waals surface area contributed by atoms with Gasteiger partial charge in [-0.2, -0.15) is 0 Å². The third-order valence-electron chi connectivity index (χ3n) is 2.84. The Kier molecular flexibility index (Phi) is 4.01. The van der Waals surface area contributed by atoms with Crippen molar-refractivity contribution in [3.05, 3.63) is 57.9 Å². The van der Waals surface area contributed by atoms with Gasteiger partial charge in [0.2, 0.25) is 0 Å². The molecule has 1 heterocycles. The van der Waals surface area contributed by atoms with Crippen molar-refractivity contribution in [2.45, 2.75) is 0 Å². The van der Waals surface area contributed by atoms with Gasteiger partial charge in [-0.1, -0.05) is 29.3 Å². The van der Waals surface area contributed by atoms with Crippen LogP contribution in [0, 0.1) is 0 Å². The average Bonchev–Trinajstić information content (AvgIpc) is 2.93. The number of hydrogen-bond donors (Lipinski definition) is 2. The Balaban J connectivity index is 1.82. The molecule has 3 rings (SSSR count). The van der Waals surface area contributed by atoms with Crippen molar-refractivity contribution in [3.8, 4) is 17.0 Å². The molecule has 2 aromatic carbocycles. The predicted molar refractivity (Wildman–Crippen MR) is 89.0 cm³/mol. The number of thiazole rings is 1. The molecule has 0 fully saturated rings. The molecule has 21 heavy (non-hydrogen) atoms. The Labute approximate surface area is 135 Å². The first kappa shape index (κ1) is 14.2. The highest BCUT2D eigenvalue weighted by Gasteiger charge is 2.07. The maximum absolute atomic E-state index is 9.26. The molecule has 6 heteroatoms. The summed E-state index contributed by atoms with van der Waals surface area (Å²) in [5.41, 5.74) is 2.61. The van der Waals surface area contributed by atoms with Crippen LogP contribution in [0.15, 0.2) is 47.8 Å². The smallest absolute Gasteiger partial charge is 0.187 e. The normalized spacial score (nSPS) is 10.6. The molecule has 0 bridgehead atoms. The van der Waals surface area contributed by atoms with Crippen molar-refractivity contribution in [2.24, 2.45) is 0 Å². The zero-order chi connectivity index (χ0) is 14.8. The van der Waals surface area contributed by atoms with Crippen LogP contribution >= 0.6 is 34.5 Å². The maximum Gasteiger partial charge on any atom is 0.187 e. The van der Waals surface area contributed by atoms with E-state index in [1.165, 1.54) is 11.3 Å². The van der Waals surface area contributed by atoms with E-state index in [2.05, 4.69) is 10.3 Å². The van der Waals surface area contributed by atoms with Crippen LogP contribution in [-0.4, -0.2) is 10.1 Å². The molecule has 2 N–H and O–H groups in total. The molecule has 0 spiro atoms. The monoisotopic (exact) mass is 336 g/mol. The summed E-state index contributed by atoms with van der Waals surface area (Å²) in [6.07, 6.45) is 0. The summed E-state index contributed by atoms with van der Waals surface area (Å²) >= 11 is 13.4. The van der Waals surface area contributed by atoms with Crippen molar-refractivity contribution >= 4 is 45.4 Å². The van der Waals surface area contributed by atoms with Gasteiger partial charge in [-0.05, 0) is 36.4 Å².